The quantitative estimate of drug-likeness (QED) is 0.343. The summed E-state index contributed by atoms with van der Waals surface area (Å²) in [5, 5.41) is -6.76. The first kappa shape index (κ1) is 23.0. The summed E-state index contributed by atoms with van der Waals surface area (Å²) in [5.74, 6) is -4.41. The van der Waals surface area contributed by atoms with Gasteiger partial charge in [0.15, 0.2) is 0 Å². The van der Waals surface area contributed by atoms with Gasteiger partial charge in [-0.1, -0.05) is 3.89 Å². The lowest BCUT2D eigenvalue weighted by atomic mass is 9.48. The van der Waals surface area contributed by atoms with Crippen LogP contribution in [0.4, 0.5) is 39.0 Å². The average Bonchev–Trinajstić information content (AvgIpc) is 2.49. The van der Waals surface area contributed by atoms with E-state index in [0.717, 1.165) is 19.3 Å². The summed E-state index contributed by atoms with van der Waals surface area (Å²) in [6.07, 6.45) is -10.4. The molecule has 4 saturated carbocycles. The smallest absolute Gasteiger partial charge is 0.245 e. The van der Waals surface area contributed by atoms with Gasteiger partial charge in [-0.25, -0.2) is 4.74 Å². The van der Waals surface area contributed by atoms with Gasteiger partial charge in [-0.2, -0.15) is 43.5 Å². The van der Waals surface area contributed by atoms with Gasteiger partial charge in [-0.3, -0.25) is 0 Å². The highest BCUT2D eigenvalue weighted by Crippen LogP contribution is 2.62. The van der Waals surface area contributed by atoms with Crippen LogP contribution in [-0.2, 0) is 15.0 Å². The van der Waals surface area contributed by atoms with E-state index in [2.05, 4.69) is 4.74 Å². The van der Waals surface area contributed by atoms with Crippen LogP contribution in [0.3, 0.4) is 0 Å². The minimum absolute atomic E-state index is 0.296. The zero-order valence-corrected chi connectivity index (χ0v) is 15.7. The van der Waals surface area contributed by atoms with Crippen LogP contribution in [0.1, 0.15) is 51.4 Å². The molecule has 0 amide bonds. The molecule has 0 unspecified atom stereocenters. The Bertz CT molecular complexity index is 715. The highest BCUT2D eigenvalue weighted by atomic mass is 32.3. The number of halogens is 9. The molecule has 4 fully saturated rings. The number of alkyl halides is 8. The van der Waals surface area contributed by atoms with Gasteiger partial charge in [0.25, 0.3) is 0 Å². The number of hydrogen-bond donors (Lipinski definition) is 0. The Hall–Kier alpha value is -0.720. The first-order chi connectivity index (χ1) is 12.9. The fourth-order valence-electron chi connectivity index (χ4n) is 5.60. The molecule has 0 aromatic rings. The molecule has 170 valence electrons. The molecule has 0 N–H and O–H groups in total. The molecule has 29 heavy (non-hydrogen) atoms. The third kappa shape index (κ3) is 3.97. The maximum absolute atomic E-state index is 14.0. The monoisotopic (exact) mass is 462 g/mol. The van der Waals surface area contributed by atoms with Crippen molar-refractivity contribution in [1.29, 1.82) is 0 Å². The molecule has 0 heterocycles. The van der Waals surface area contributed by atoms with Crippen LogP contribution in [0.5, 0.6) is 0 Å². The lowest BCUT2D eigenvalue weighted by Gasteiger charge is -2.57. The fraction of sp³-hybridized carbons (Fsp3) is 1.00. The molecular formula is C16H19F9O3S. The average molecular weight is 462 g/mol. The normalized spacial score (nSPS) is 33.3. The third-order valence-electron chi connectivity index (χ3n) is 6.46. The molecule has 0 atom stereocenters. The Morgan fingerprint density at radius 2 is 1.21 bits per heavy atom. The van der Waals surface area contributed by atoms with E-state index in [1.54, 1.807) is 0 Å². The minimum Gasteiger partial charge on any atom is -0.245 e. The van der Waals surface area contributed by atoms with Crippen LogP contribution in [0.15, 0.2) is 0 Å². The predicted molar refractivity (Wildman–Crippen MR) is 80.7 cm³/mol. The SMILES string of the molecule is O=S(=O)(F)C(F)(F)C(F)(F)OC(F)(F)C(F)(F)CCC12CC3CC(CC(C3)C1)C2. The van der Waals surface area contributed by atoms with E-state index in [4.69, 9.17) is 0 Å². The second-order valence-corrected chi connectivity index (χ2v) is 10.1. The molecule has 4 aliphatic rings. The van der Waals surface area contributed by atoms with E-state index in [1.165, 1.54) is 0 Å². The standard InChI is InChI=1S/C16H19F9O3S/c17-13(18,14(19,20)28-15(21,22)16(23,24)29(25,26)27)2-1-12-6-9-3-10(7-12)5-11(4-9)8-12/h9-11H,1-8H2. The second-order valence-electron chi connectivity index (χ2n) is 8.71. The summed E-state index contributed by atoms with van der Waals surface area (Å²) in [5.41, 5.74) is -0.636. The van der Waals surface area contributed by atoms with Crippen molar-refractivity contribution in [1.82, 2.24) is 0 Å². The van der Waals surface area contributed by atoms with Crippen LogP contribution < -0.4 is 0 Å². The van der Waals surface area contributed by atoms with E-state index in [1.807, 2.05) is 0 Å². The van der Waals surface area contributed by atoms with Crippen molar-refractivity contribution < 1.29 is 52.2 Å². The predicted octanol–water partition coefficient (Wildman–Crippen LogP) is 5.71. The summed E-state index contributed by atoms with van der Waals surface area (Å²) in [7, 11) is -7.41. The Labute approximate surface area is 161 Å². The Kier molecular flexibility index (Phi) is 5.25. The van der Waals surface area contributed by atoms with Gasteiger partial charge < -0.3 is 0 Å². The Morgan fingerprint density at radius 1 is 0.793 bits per heavy atom. The van der Waals surface area contributed by atoms with Crippen molar-refractivity contribution in [2.75, 3.05) is 0 Å². The summed E-state index contributed by atoms with van der Waals surface area (Å²) in [6, 6.07) is 0. The fourth-order valence-corrected chi connectivity index (χ4v) is 5.93. The number of rotatable bonds is 8. The van der Waals surface area contributed by atoms with E-state index in [9.17, 15) is 47.4 Å². The van der Waals surface area contributed by atoms with Gasteiger partial charge in [-0.05, 0) is 68.1 Å². The van der Waals surface area contributed by atoms with Crippen molar-refractivity contribution in [2.24, 2.45) is 23.2 Å². The maximum atomic E-state index is 14.0. The summed E-state index contributed by atoms with van der Waals surface area (Å²) in [6.45, 7) is 0. The van der Waals surface area contributed by atoms with E-state index in [-0.39, 0.29) is 0 Å². The largest absolute Gasteiger partial charge is 0.464 e. The van der Waals surface area contributed by atoms with Crippen molar-refractivity contribution >= 4 is 10.2 Å². The summed E-state index contributed by atoms with van der Waals surface area (Å²) < 4.78 is 142. The molecule has 0 saturated heterocycles. The molecular weight excluding hydrogens is 443 g/mol. The van der Waals surface area contributed by atoms with Crippen molar-refractivity contribution in [3.05, 3.63) is 0 Å². The second kappa shape index (κ2) is 6.64. The van der Waals surface area contributed by atoms with Crippen molar-refractivity contribution in [2.45, 2.75) is 74.8 Å². The highest BCUT2D eigenvalue weighted by molar-refractivity contribution is 7.87. The summed E-state index contributed by atoms with van der Waals surface area (Å²) in [4.78, 5) is 0. The van der Waals surface area contributed by atoms with Crippen LogP contribution >= 0.6 is 0 Å². The first-order valence-electron chi connectivity index (χ1n) is 9.05. The molecule has 0 aliphatic heterocycles. The molecule has 4 aliphatic carbocycles. The van der Waals surface area contributed by atoms with E-state index >= 15 is 0 Å². The zero-order chi connectivity index (χ0) is 22.1. The van der Waals surface area contributed by atoms with Gasteiger partial charge in [0.1, 0.15) is 0 Å². The van der Waals surface area contributed by atoms with Gasteiger partial charge in [0, 0.05) is 6.42 Å². The number of hydrogen-bond acceptors (Lipinski definition) is 3. The molecule has 0 spiro atoms. The summed E-state index contributed by atoms with van der Waals surface area (Å²) >= 11 is 0. The molecule has 0 aromatic carbocycles. The maximum Gasteiger partial charge on any atom is 0.464 e. The van der Waals surface area contributed by atoms with Crippen LogP contribution in [0, 0.1) is 23.2 Å². The third-order valence-corrected chi connectivity index (χ3v) is 7.31. The van der Waals surface area contributed by atoms with E-state index < -0.39 is 51.9 Å². The Balaban J connectivity index is 1.71. The van der Waals surface area contributed by atoms with E-state index in [0.29, 0.717) is 37.0 Å². The molecule has 13 heteroatoms. The van der Waals surface area contributed by atoms with Crippen LogP contribution in [0.2, 0.25) is 0 Å². The van der Waals surface area contributed by atoms with Gasteiger partial charge in [0.05, 0.1) is 0 Å². The molecule has 3 nitrogen and oxygen atoms in total. The van der Waals surface area contributed by atoms with Crippen molar-refractivity contribution in [3.8, 4) is 0 Å². The first-order valence-corrected chi connectivity index (χ1v) is 10.4. The minimum atomic E-state index is -7.41. The van der Waals surface area contributed by atoms with Gasteiger partial charge in [-0.15, -0.1) is 0 Å². The van der Waals surface area contributed by atoms with Crippen molar-refractivity contribution in [3.63, 3.8) is 0 Å². The lowest BCUT2D eigenvalue weighted by Crippen LogP contribution is -2.55. The lowest BCUT2D eigenvalue weighted by molar-refractivity contribution is -0.457. The van der Waals surface area contributed by atoms with Gasteiger partial charge in [0.2, 0.25) is 0 Å². The molecule has 0 radical (unpaired) electrons. The molecule has 0 aromatic heterocycles. The highest BCUT2D eigenvalue weighted by Gasteiger charge is 2.74. The van der Waals surface area contributed by atoms with Gasteiger partial charge >= 0.3 is 33.6 Å². The Morgan fingerprint density at radius 3 is 1.59 bits per heavy atom. The number of ether oxygens (including phenoxy) is 1. The zero-order valence-electron chi connectivity index (χ0n) is 14.9. The van der Waals surface area contributed by atoms with Crippen LogP contribution in [0.25, 0.3) is 0 Å². The van der Waals surface area contributed by atoms with Crippen LogP contribution in [-0.4, -0.2) is 31.8 Å². The molecule has 4 bridgehead atoms. The molecule has 4 rings (SSSR count). The topological polar surface area (TPSA) is 43.4 Å².